The highest BCUT2D eigenvalue weighted by Gasteiger charge is 2.66. The summed E-state index contributed by atoms with van der Waals surface area (Å²) < 4.78 is 20.2. The summed E-state index contributed by atoms with van der Waals surface area (Å²) in [6, 6.07) is 24.0. The fourth-order valence-electron chi connectivity index (χ4n) is 7.38. The van der Waals surface area contributed by atoms with Crippen LogP contribution in [0.3, 0.4) is 0 Å². The van der Waals surface area contributed by atoms with Gasteiger partial charge in [-0.15, -0.1) is 5.10 Å². The largest absolute Gasteiger partial charge is 0.497 e. The highest BCUT2D eigenvalue weighted by molar-refractivity contribution is 6.91. The Morgan fingerprint density at radius 1 is 1.00 bits per heavy atom. The van der Waals surface area contributed by atoms with Crippen LogP contribution in [0.2, 0.25) is 18.6 Å². The molecule has 1 N–H and O–H groups in total. The number of methoxy groups -OCH3 is 2. The summed E-state index contributed by atoms with van der Waals surface area (Å²) in [6.45, 7) is 7.55. The maximum Gasteiger partial charge on any atom is 0.268 e. The third-order valence-electron chi connectivity index (χ3n) is 9.56. The first-order chi connectivity index (χ1) is 21.2. The first-order valence-corrected chi connectivity index (χ1v) is 18.2. The van der Waals surface area contributed by atoms with Crippen molar-refractivity contribution in [1.82, 2.24) is 15.0 Å². The van der Waals surface area contributed by atoms with Crippen LogP contribution in [-0.2, 0) is 28.1 Å². The lowest BCUT2D eigenvalue weighted by atomic mass is 9.82. The van der Waals surface area contributed by atoms with Crippen molar-refractivity contribution in [2.24, 2.45) is 5.92 Å². The van der Waals surface area contributed by atoms with Crippen LogP contribution in [0.15, 0.2) is 79.0 Å². The number of anilines is 2. The normalized spacial score (nSPS) is 22.9. The molecular formula is C34H40N4O5Si. The summed E-state index contributed by atoms with van der Waals surface area (Å²) in [5.74, 6) is 1.30. The van der Waals surface area contributed by atoms with E-state index < -0.39 is 13.7 Å². The van der Waals surface area contributed by atoms with Gasteiger partial charge in [-0.2, -0.15) is 0 Å². The lowest BCUT2D eigenvalue weighted by Gasteiger charge is -2.37. The third kappa shape index (κ3) is 4.91. The molecule has 230 valence electrons. The summed E-state index contributed by atoms with van der Waals surface area (Å²) in [6.07, 6.45) is 2.77. The number of aromatic nitrogens is 3. The van der Waals surface area contributed by atoms with E-state index in [2.05, 4.69) is 42.5 Å². The number of carbonyl (C=O) groups excluding carboxylic acids is 1. The Balaban J connectivity index is 1.45. The van der Waals surface area contributed by atoms with E-state index in [9.17, 15) is 9.90 Å². The van der Waals surface area contributed by atoms with Crippen LogP contribution in [0.1, 0.15) is 24.6 Å². The second-order valence-corrected chi connectivity index (χ2v) is 16.9. The molecule has 1 saturated heterocycles. The summed E-state index contributed by atoms with van der Waals surface area (Å²) in [4.78, 5) is 16.7. The van der Waals surface area contributed by atoms with E-state index in [0.717, 1.165) is 28.4 Å². The van der Waals surface area contributed by atoms with E-state index in [4.69, 9.17) is 14.2 Å². The van der Waals surface area contributed by atoms with Gasteiger partial charge in [0.25, 0.3) is 5.91 Å². The first-order valence-electron chi connectivity index (χ1n) is 15.1. The van der Waals surface area contributed by atoms with Crippen molar-refractivity contribution in [2.45, 2.75) is 56.7 Å². The van der Waals surface area contributed by atoms with Crippen LogP contribution >= 0.6 is 0 Å². The van der Waals surface area contributed by atoms with Gasteiger partial charge in [0.15, 0.2) is 5.60 Å². The monoisotopic (exact) mass is 612 g/mol. The zero-order valence-electron chi connectivity index (χ0n) is 25.9. The van der Waals surface area contributed by atoms with Crippen LogP contribution < -0.4 is 19.6 Å². The van der Waals surface area contributed by atoms with Gasteiger partial charge in [-0.1, -0.05) is 60.7 Å². The molecule has 1 fully saturated rings. The average Bonchev–Trinajstić information content (AvgIpc) is 3.69. The standard InChI is InChI=1S/C34H40N4O5Si/c1-23-32(44(4,5)28-14-11-26(41-2)12-15-28)31(17-19-37-22-24(18-20-39)35-36-37)43-34(23)29-21-27(42-3)13-16-30(29)38(33(34)40)25-9-7-6-8-10-25/h6-16,21-23,31-32,39H,17-20H2,1-5H3/t23-,31+,32-,34+/m0/s1. The Kier molecular flexibility index (Phi) is 8.08. The minimum Gasteiger partial charge on any atom is -0.497 e. The molecule has 0 bridgehead atoms. The summed E-state index contributed by atoms with van der Waals surface area (Å²) in [7, 11) is 1.04. The Hall–Kier alpha value is -3.99. The molecule has 0 aliphatic carbocycles. The molecule has 44 heavy (non-hydrogen) atoms. The Bertz CT molecular complexity index is 1630. The van der Waals surface area contributed by atoms with E-state index in [1.54, 1.807) is 14.2 Å². The van der Waals surface area contributed by atoms with E-state index in [1.807, 2.05) is 76.4 Å². The maximum absolute atomic E-state index is 14.9. The van der Waals surface area contributed by atoms with Gasteiger partial charge in [-0.25, -0.2) is 0 Å². The predicted octanol–water partition coefficient (Wildman–Crippen LogP) is 4.81. The number of benzene rings is 3. The van der Waals surface area contributed by atoms with Crippen molar-refractivity contribution in [3.05, 3.63) is 90.3 Å². The molecule has 1 spiro atoms. The summed E-state index contributed by atoms with van der Waals surface area (Å²) in [5, 5.41) is 19.1. The second kappa shape index (κ2) is 11.8. The van der Waals surface area contributed by atoms with Gasteiger partial charge in [0.05, 0.1) is 39.8 Å². The average molecular weight is 613 g/mol. The number of carbonyl (C=O) groups is 1. The number of nitrogens with zero attached hydrogens (tertiary/aromatic N) is 4. The van der Waals surface area contributed by atoms with Gasteiger partial charge >= 0.3 is 0 Å². The molecule has 2 aliphatic rings. The third-order valence-corrected chi connectivity index (χ3v) is 13.9. The van der Waals surface area contributed by atoms with Crippen LogP contribution in [0.4, 0.5) is 11.4 Å². The molecule has 10 heteroatoms. The fourth-order valence-corrected chi connectivity index (χ4v) is 11.4. The number of para-hydroxylation sites is 1. The Morgan fingerprint density at radius 2 is 1.70 bits per heavy atom. The molecule has 3 heterocycles. The smallest absolute Gasteiger partial charge is 0.268 e. The topological polar surface area (TPSA) is 98.9 Å². The number of amides is 1. The second-order valence-electron chi connectivity index (χ2n) is 12.3. The zero-order chi connectivity index (χ0) is 31.1. The molecule has 0 radical (unpaired) electrons. The van der Waals surface area contributed by atoms with E-state index in [-0.39, 0.29) is 30.1 Å². The van der Waals surface area contributed by atoms with Gasteiger partial charge < -0.3 is 19.3 Å². The number of hydrogen-bond donors (Lipinski definition) is 1. The van der Waals surface area contributed by atoms with Crippen molar-refractivity contribution in [2.75, 3.05) is 25.7 Å². The van der Waals surface area contributed by atoms with Crippen molar-refractivity contribution >= 4 is 30.5 Å². The van der Waals surface area contributed by atoms with E-state index in [0.29, 0.717) is 25.1 Å². The SMILES string of the molecule is COc1ccc([Si](C)(C)[C@@H]2[C@@H](CCn3cc(CCO)nn3)O[C@]3(C(=O)N(c4ccccc4)c4ccc(OC)cc43)[C@H]2C)cc1. The Labute approximate surface area is 259 Å². The van der Waals surface area contributed by atoms with Crippen LogP contribution in [0.25, 0.3) is 0 Å². The molecule has 9 nitrogen and oxygen atoms in total. The van der Waals surface area contributed by atoms with Crippen molar-refractivity contribution < 1.29 is 24.1 Å². The van der Waals surface area contributed by atoms with Crippen LogP contribution in [0.5, 0.6) is 11.5 Å². The van der Waals surface area contributed by atoms with E-state index >= 15 is 0 Å². The quantitative estimate of drug-likeness (QED) is 0.257. The number of aryl methyl sites for hydroxylation is 1. The minimum absolute atomic E-state index is 0.0249. The first kappa shape index (κ1) is 30.1. The molecule has 2 aliphatic heterocycles. The number of ether oxygens (including phenoxy) is 3. The number of hydrogen-bond acceptors (Lipinski definition) is 7. The molecule has 0 unspecified atom stereocenters. The van der Waals surface area contributed by atoms with Gasteiger partial charge in [0, 0.05) is 42.9 Å². The molecule has 4 atom stereocenters. The molecular weight excluding hydrogens is 572 g/mol. The van der Waals surface area contributed by atoms with Crippen LogP contribution in [-0.4, -0.2) is 61.0 Å². The fraction of sp³-hybridized carbons (Fsp3) is 0.382. The molecule has 1 aromatic heterocycles. The number of rotatable bonds is 10. The lowest BCUT2D eigenvalue weighted by Crippen LogP contribution is -2.51. The van der Waals surface area contributed by atoms with Gasteiger partial charge in [-0.3, -0.25) is 14.4 Å². The lowest BCUT2D eigenvalue weighted by molar-refractivity contribution is -0.145. The number of aliphatic hydroxyl groups excluding tert-OH is 1. The summed E-state index contributed by atoms with van der Waals surface area (Å²) >= 11 is 0. The van der Waals surface area contributed by atoms with Gasteiger partial charge in [-0.05, 0) is 54.4 Å². The molecule has 4 aromatic rings. The highest BCUT2D eigenvalue weighted by Crippen LogP contribution is 2.61. The molecule has 6 rings (SSSR count). The van der Waals surface area contributed by atoms with Crippen molar-refractivity contribution in [1.29, 1.82) is 0 Å². The van der Waals surface area contributed by atoms with E-state index in [1.165, 1.54) is 5.19 Å². The minimum atomic E-state index is -2.28. The maximum atomic E-state index is 14.9. The van der Waals surface area contributed by atoms with Gasteiger partial charge in [0.2, 0.25) is 0 Å². The number of fused-ring (bicyclic) bond motifs is 2. The molecule has 0 saturated carbocycles. The zero-order valence-corrected chi connectivity index (χ0v) is 26.9. The Morgan fingerprint density at radius 3 is 2.39 bits per heavy atom. The molecule has 1 amide bonds. The highest BCUT2D eigenvalue weighted by atomic mass is 28.3. The van der Waals surface area contributed by atoms with Crippen molar-refractivity contribution in [3.8, 4) is 11.5 Å². The van der Waals surface area contributed by atoms with Crippen molar-refractivity contribution in [3.63, 3.8) is 0 Å². The van der Waals surface area contributed by atoms with Gasteiger partial charge in [0.1, 0.15) is 11.5 Å². The van der Waals surface area contributed by atoms with Crippen LogP contribution in [0, 0.1) is 5.92 Å². The summed E-state index contributed by atoms with van der Waals surface area (Å²) in [5.41, 5.74) is 2.13. The number of aliphatic hydroxyl groups is 1. The molecule has 3 aromatic carbocycles. The predicted molar refractivity (Wildman–Crippen MR) is 172 cm³/mol.